The van der Waals surface area contributed by atoms with Crippen LogP contribution < -0.4 is 5.56 Å². The summed E-state index contributed by atoms with van der Waals surface area (Å²) in [4.78, 5) is 18.5. The summed E-state index contributed by atoms with van der Waals surface area (Å²) >= 11 is 0. The van der Waals surface area contributed by atoms with E-state index in [1.807, 2.05) is 6.92 Å². The Balaban J connectivity index is 3.02. The van der Waals surface area contributed by atoms with E-state index in [4.69, 9.17) is 0 Å². The van der Waals surface area contributed by atoms with E-state index >= 15 is 0 Å². The van der Waals surface area contributed by atoms with Crippen molar-refractivity contribution >= 4 is 17.0 Å². The number of hydrogen-bond acceptors (Lipinski definition) is 2. The number of rotatable bonds is 1. The molecule has 14 heavy (non-hydrogen) atoms. The summed E-state index contributed by atoms with van der Waals surface area (Å²) in [6.45, 7) is 5.56. The number of fused-ring (bicyclic) bond motifs is 1. The second-order valence-electron chi connectivity index (χ2n) is 3.10. The van der Waals surface area contributed by atoms with Gasteiger partial charge in [0.05, 0.1) is 10.9 Å². The van der Waals surface area contributed by atoms with Crippen molar-refractivity contribution in [3.63, 3.8) is 0 Å². The fraction of sp³-hybridized carbons (Fsp3) is 0.0909. The highest BCUT2D eigenvalue weighted by atomic mass is 16.1. The molecule has 0 atom stereocenters. The van der Waals surface area contributed by atoms with Crippen molar-refractivity contribution in [1.82, 2.24) is 9.97 Å². The predicted molar refractivity (Wildman–Crippen MR) is 57.2 cm³/mol. The molecule has 0 amide bonds. The van der Waals surface area contributed by atoms with Gasteiger partial charge in [0.15, 0.2) is 0 Å². The average Bonchev–Trinajstić information content (AvgIpc) is 2.23. The van der Waals surface area contributed by atoms with Gasteiger partial charge in [-0.3, -0.25) is 9.78 Å². The molecule has 2 aromatic rings. The molecule has 0 aliphatic heterocycles. The fourth-order valence-electron chi connectivity index (χ4n) is 1.50. The highest BCUT2D eigenvalue weighted by Crippen LogP contribution is 2.14. The summed E-state index contributed by atoms with van der Waals surface area (Å²) in [6, 6.07) is 3.52. The first-order valence-corrected chi connectivity index (χ1v) is 4.34. The average molecular weight is 186 g/mol. The van der Waals surface area contributed by atoms with Gasteiger partial charge in [-0.2, -0.15) is 0 Å². The van der Waals surface area contributed by atoms with Crippen LogP contribution in [0.2, 0.25) is 0 Å². The maximum absolute atomic E-state index is 11.6. The van der Waals surface area contributed by atoms with Crippen LogP contribution in [-0.4, -0.2) is 9.97 Å². The van der Waals surface area contributed by atoms with Crippen LogP contribution in [0.15, 0.2) is 29.7 Å². The third-order valence-corrected chi connectivity index (χ3v) is 2.26. The summed E-state index contributed by atoms with van der Waals surface area (Å²) in [7, 11) is 0. The summed E-state index contributed by atoms with van der Waals surface area (Å²) < 4.78 is 0. The highest BCUT2D eigenvalue weighted by Gasteiger charge is 2.05. The molecular formula is C11H10N2O. The first-order valence-electron chi connectivity index (χ1n) is 4.34. The minimum absolute atomic E-state index is 0.117. The SMILES string of the molecule is C=Cc1[nH]c(=O)c2cccnc2c1C. The van der Waals surface area contributed by atoms with Gasteiger partial charge in [-0.25, -0.2) is 0 Å². The molecule has 70 valence electrons. The number of pyridine rings is 2. The Bertz CT molecular complexity index is 555. The van der Waals surface area contributed by atoms with Crippen LogP contribution in [0, 0.1) is 6.92 Å². The lowest BCUT2D eigenvalue weighted by Crippen LogP contribution is -2.10. The van der Waals surface area contributed by atoms with Crippen molar-refractivity contribution in [3.8, 4) is 0 Å². The standard InChI is InChI=1S/C11H10N2O/c1-3-9-7(2)10-8(11(14)13-9)5-4-6-12-10/h3-6H,1H2,2H3,(H,13,14). The Morgan fingerprint density at radius 1 is 1.57 bits per heavy atom. The number of aromatic nitrogens is 2. The van der Waals surface area contributed by atoms with E-state index in [1.54, 1.807) is 24.4 Å². The lowest BCUT2D eigenvalue weighted by Gasteiger charge is -2.03. The number of H-pyrrole nitrogens is 1. The summed E-state index contributed by atoms with van der Waals surface area (Å²) in [6.07, 6.45) is 3.31. The third-order valence-electron chi connectivity index (χ3n) is 2.26. The normalized spacial score (nSPS) is 10.4. The van der Waals surface area contributed by atoms with E-state index in [0.717, 1.165) is 16.8 Å². The second-order valence-corrected chi connectivity index (χ2v) is 3.10. The molecule has 3 heteroatoms. The van der Waals surface area contributed by atoms with Gasteiger partial charge in [0.25, 0.3) is 5.56 Å². The largest absolute Gasteiger partial charge is 0.322 e. The van der Waals surface area contributed by atoms with Crippen molar-refractivity contribution in [2.45, 2.75) is 6.92 Å². The lowest BCUT2D eigenvalue weighted by molar-refractivity contribution is 1.19. The molecule has 0 saturated carbocycles. The molecule has 0 aromatic carbocycles. The van der Waals surface area contributed by atoms with Gasteiger partial charge in [0.1, 0.15) is 0 Å². The Morgan fingerprint density at radius 2 is 2.36 bits per heavy atom. The molecule has 0 aliphatic carbocycles. The van der Waals surface area contributed by atoms with E-state index in [-0.39, 0.29) is 5.56 Å². The molecule has 0 bridgehead atoms. The molecule has 0 spiro atoms. The molecule has 2 aromatic heterocycles. The summed E-state index contributed by atoms with van der Waals surface area (Å²) in [5.74, 6) is 0. The minimum atomic E-state index is -0.117. The smallest absolute Gasteiger partial charge is 0.257 e. The van der Waals surface area contributed by atoms with E-state index in [1.165, 1.54) is 0 Å². The molecule has 0 radical (unpaired) electrons. The minimum Gasteiger partial charge on any atom is -0.322 e. The zero-order valence-electron chi connectivity index (χ0n) is 7.87. The predicted octanol–water partition coefficient (Wildman–Crippen LogP) is 1.87. The zero-order valence-corrected chi connectivity index (χ0v) is 7.87. The molecule has 0 saturated heterocycles. The molecule has 0 aliphatic rings. The fourth-order valence-corrected chi connectivity index (χ4v) is 1.50. The van der Waals surface area contributed by atoms with Crippen molar-refractivity contribution in [1.29, 1.82) is 0 Å². The van der Waals surface area contributed by atoms with E-state index < -0.39 is 0 Å². The number of nitrogens with one attached hydrogen (secondary N) is 1. The highest BCUT2D eigenvalue weighted by molar-refractivity contribution is 5.82. The van der Waals surface area contributed by atoms with Crippen LogP contribution in [0.5, 0.6) is 0 Å². The number of aromatic amines is 1. The Labute approximate surface area is 81.1 Å². The van der Waals surface area contributed by atoms with Crippen LogP contribution in [0.4, 0.5) is 0 Å². The molecule has 3 nitrogen and oxygen atoms in total. The number of aryl methyl sites for hydroxylation is 1. The van der Waals surface area contributed by atoms with Gasteiger partial charge in [-0.15, -0.1) is 0 Å². The Kier molecular flexibility index (Phi) is 1.93. The maximum Gasteiger partial charge on any atom is 0.257 e. The van der Waals surface area contributed by atoms with Crippen LogP contribution in [0.1, 0.15) is 11.3 Å². The zero-order chi connectivity index (χ0) is 10.1. The van der Waals surface area contributed by atoms with Gasteiger partial charge >= 0.3 is 0 Å². The van der Waals surface area contributed by atoms with Gasteiger partial charge in [0, 0.05) is 11.9 Å². The molecule has 0 unspecified atom stereocenters. The first-order chi connectivity index (χ1) is 6.74. The molecular weight excluding hydrogens is 176 g/mol. The van der Waals surface area contributed by atoms with Crippen molar-refractivity contribution in [2.75, 3.05) is 0 Å². The van der Waals surface area contributed by atoms with Gasteiger partial charge in [0.2, 0.25) is 0 Å². The number of hydrogen-bond donors (Lipinski definition) is 1. The Morgan fingerprint density at radius 3 is 3.07 bits per heavy atom. The van der Waals surface area contributed by atoms with Crippen LogP contribution >= 0.6 is 0 Å². The molecule has 0 fully saturated rings. The molecule has 2 rings (SSSR count). The second kappa shape index (κ2) is 3.10. The number of nitrogens with zero attached hydrogens (tertiary/aromatic N) is 1. The van der Waals surface area contributed by atoms with E-state index in [2.05, 4.69) is 16.5 Å². The van der Waals surface area contributed by atoms with Gasteiger partial charge < -0.3 is 4.98 Å². The topological polar surface area (TPSA) is 45.8 Å². The summed E-state index contributed by atoms with van der Waals surface area (Å²) in [5, 5.41) is 0.621. The third kappa shape index (κ3) is 1.14. The maximum atomic E-state index is 11.6. The van der Waals surface area contributed by atoms with Crippen molar-refractivity contribution in [3.05, 3.63) is 46.5 Å². The first kappa shape index (κ1) is 8.69. The van der Waals surface area contributed by atoms with Crippen LogP contribution in [0.25, 0.3) is 17.0 Å². The Hall–Kier alpha value is -1.90. The lowest BCUT2D eigenvalue weighted by atomic mass is 10.1. The molecule has 1 N–H and O–H groups in total. The summed E-state index contributed by atoms with van der Waals surface area (Å²) in [5.41, 5.74) is 2.32. The monoisotopic (exact) mass is 186 g/mol. The van der Waals surface area contributed by atoms with E-state index in [0.29, 0.717) is 5.39 Å². The van der Waals surface area contributed by atoms with Gasteiger partial charge in [-0.1, -0.05) is 6.58 Å². The van der Waals surface area contributed by atoms with Crippen LogP contribution in [-0.2, 0) is 0 Å². The van der Waals surface area contributed by atoms with Crippen molar-refractivity contribution < 1.29 is 0 Å². The van der Waals surface area contributed by atoms with Crippen LogP contribution in [0.3, 0.4) is 0 Å². The van der Waals surface area contributed by atoms with E-state index in [9.17, 15) is 4.79 Å². The molecule has 2 heterocycles. The van der Waals surface area contributed by atoms with Gasteiger partial charge in [-0.05, 0) is 30.7 Å². The quantitative estimate of drug-likeness (QED) is 0.739. The van der Waals surface area contributed by atoms with Crippen molar-refractivity contribution in [2.24, 2.45) is 0 Å².